The van der Waals surface area contributed by atoms with Crippen LogP contribution in [0.4, 0.5) is 5.69 Å². The van der Waals surface area contributed by atoms with Crippen LogP contribution in [-0.4, -0.2) is 37.6 Å². The van der Waals surface area contributed by atoms with Gasteiger partial charge in [0.1, 0.15) is 6.04 Å². The number of carbonyl (C=O) groups excluding carboxylic acids is 2. The number of piperidine rings is 1. The smallest absolute Gasteiger partial charge is 0.249 e. The molecule has 1 aromatic carbocycles. The van der Waals surface area contributed by atoms with Crippen LogP contribution in [0.3, 0.4) is 0 Å². The Hall–Kier alpha value is -1.88. The van der Waals surface area contributed by atoms with Gasteiger partial charge in [0.05, 0.1) is 0 Å². The van der Waals surface area contributed by atoms with Crippen molar-refractivity contribution >= 4 is 17.5 Å². The van der Waals surface area contributed by atoms with Gasteiger partial charge < -0.3 is 15.0 Å². The third kappa shape index (κ3) is 3.72. The van der Waals surface area contributed by atoms with Crippen LogP contribution in [0.25, 0.3) is 0 Å². The van der Waals surface area contributed by atoms with Crippen molar-refractivity contribution in [3.63, 3.8) is 0 Å². The summed E-state index contributed by atoms with van der Waals surface area (Å²) < 4.78 is 5.29. The molecule has 2 saturated heterocycles. The molecule has 1 N–H and O–H groups in total. The van der Waals surface area contributed by atoms with Crippen LogP contribution in [0.1, 0.15) is 31.2 Å². The van der Waals surface area contributed by atoms with E-state index in [9.17, 15) is 9.59 Å². The lowest BCUT2D eigenvalue weighted by Crippen LogP contribution is -2.53. The molecule has 0 radical (unpaired) electrons. The molecule has 0 saturated carbocycles. The van der Waals surface area contributed by atoms with E-state index in [4.69, 9.17) is 4.74 Å². The molecule has 2 heterocycles. The van der Waals surface area contributed by atoms with Crippen LogP contribution < -0.4 is 10.2 Å². The highest BCUT2D eigenvalue weighted by atomic mass is 16.5. The average Bonchev–Trinajstić information content (AvgIpc) is 2.58. The molecule has 23 heavy (non-hydrogen) atoms. The maximum absolute atomic E-state index is 12.7. The standard InChI is InChI=1S/C18H24N2O3/c1-13-4-6-15(7-5-13)20-10-2-3-16(18(20)22)19-17(21)14-8-11-23-12-9-14/h4-7,14,16H,2-3,8-12H2,1H3,(H,19,21). The maximum Gasteiger partial charge on any atom is 0.249 e. The van der Waals surface area contributed by atoms with Crippen LogP contribution >= 0.6 is 0 Å². The highest BCUT2D eigenvalue weighted by molar-refractivity contribution is 6.00. The Morgan fingerprint density at radius 2 is 1.87 bits per heavy atom. The number of ether oxygens (including phenoxy) is 1. The van der Waals surface area contributed by atoms with Crippen LogP contribution in [0.5, 0.6) is 0 Å². The number of hydrogen-bond donors (Lipinski definition) is 1. The zero-order valence-corrected chi connectivity index (χ0v) is 13.6. The van der Waals surface area contributed by atoms with E-state index in [1.165, 1.54) is 5.56 Å². The molecule has 0 aromatic heterocycles. The van der Waals surface area contributed by atoms with Crippen molar-refractivity contribution in [3.8, 4) is 0 Å². The molecule has 1 atom stereocenters. The molecule has 0 bridgehead atoms. The number of benzene rings is 1. The lowest BCUT2D eigenvalue weighted by atomic mass is 9.97. The summed E-state index contributed by atoms with van der Waals surface area (Å²) in [5, 5.41) is 2.96. The fourth-order valence-electron chi connectivity index (χ4n) is 3.24. The number of anilines is 1. The fourth-order valence-corrected chi connectivity index (χ4v) is 3.24. The quantitative estimate of drug-likeness (QED) is 0.928. The molecule has 2 aliphatic heterocycles. The fraction of sp³-hybridized carbons (Fsp3) is 0.556. The summed E-state index contributed by atoms with van der Waals surface area (Å²) in [6.45, 7) is 4.00. The Morgan fingerprint density at radius 1 is 1.17 bits per heavy atom. The second kappa shape index (κ2) is 7.13. The predicted molar refractivity (Wildman–Crippen MR) is 88.2 cm³/mol. The largest absolute Gasteiger partial charge is 0.381 e. The topological polar surface area (TPSA) is 58.6 Å². The Balaban J connectivity index is 1.64. The minimum atomic E-state index is -0.402. The predicted octanol–water partition coefficient (Wildman–Crippen LogP) is 2.03. The SMILES string of the molecule is Cc1ccc(N2CCCC(NC(=O)C3CCOCC3)C2=O)cc1. The summed E-state index contributed by atoms with van der Waals surface area (Å²) in [6.07, 6.45) is 3.11. The maximum atomic E-state index is 12.7. The Bertz CT molecular complexity index is 564. The monoisotopic (exact) mass is 316 g/mol. The summed E-state index contributed by atoms with van der Waals surface area (Å²) in [5.74, 6) is -0.0239. The molecular weight excluding hydrogens is 292 g/mol. The normalized spacial score (nSPS) is 22.9. The second-order valence-corrected chi connectivity index (χ2v) is 6.42. The highest BCUT2D eigenvalue weighted by Gasteiger charge is 2.32. The molecule has 2 aliphatic rings. The number of aryl methyl sites for hydroxylation is 1. The molecule has 0 spiro atoms. The van der Waals surface area contributed by atoms with Gasteiger partial charge in [-0.25, -0.2) is 0 Å². The summed E-state index contributed by atoms with van der Waals surface area (Å²) >= 11 is 0. The van der Waals surface area contributed by atoms with Gasteiger partial charge >= 0.3 is 0 Å². The van der Waals surface area contributed by atoms with Crippen molar-refractivity contribution in [1.82, 2.24) is 5.32 Å². The van der Waals surface area contributed by atoms with E-state index in [0.29, 0.717) is 19.8 Å². The van der Waals surface area contributed by atoms with E-state index in [2.05, 4.69) is 5.32 Å². The van der Waals surface area contributed by atoms with Crippen LogP contribution in [0.2, 0.25) is 0 Å². The molecule has 3 rings (SSSR count). The molecular formula is C18H24N2O3. The Labute approximate surface area is 137 Å². The first-order chi connectivity index (χ1) is 11.1. The van der Waals surface area contributed by atoms with Gasteiger partial charge in [-0.2, -0.15) is 0 Å². The van der Waals surface area contributed by atoms with Crippen molar-refractivity contribution in [2.75, 3.05) is 24.7 Å². The summed E-state index contributed by atoms with van der Waals surface area (Å²) in [4.78, 5) is 26.9. The zero-order valence-electron chi connectivity index (χ0n) is 13.6. The average molecular weight is 316 g/mol. The van der Waals surface area contributed by atoms with Gasteiger partial charge in [-0.1, -0.05) is 17.7 Å². The van der Waals surface area contributed by atoms with Gasteiger partial charge in [0, 0.05) is 31.4 Å². The van der Waals surface area contributed by atoms with E-state index in [0.717, 1.165) is 31.4 Å². The molecule has 1 aromatic rings. The van der Waals surface area contributed by atoms with Gasteiger partial charge in [0.2, 0.25) is 11.8 Å². The van der Waals surface area contributed by atoms with Crippen LogP contribution in [-0.2, 0) is 14.3 Å². The minimum Gasteiger partial charge on any atom is -0.381 e. The highest BCUT2D eigenvalue weighted by Crippen LogP contribution is 2.22. The van der Waals surface area contributed by atoms with E-state index in [1.807, 2.05) is 31.2 Å². The summed E-state index contributed by atoms with van der Waals surface area (Å²) in [5.41, 5.74) is 2.08. The van der Waals surface area contributed by atoms with E-state index in [-0.39, 0.29) is 17.7 Å². The lowest BCUT2D eigenvalue weighted by molar-refractivity contribution is -0.132. The van der Waals surface area contributed by atoms with Crippen molar-refractivity contribution < 1.29 is 14.3 Å². The van der Waals surface area contributed by atoms with Gasteiger partial charge in [0.25, 0.3) is 0 Å². The Kier molecular flexibility index (Phi) is 4.96. The number of rotatable bonds is 3. The molecule has 5 heteroatoms. The molecule has 124 valence electrons. The minimum absolute atomic E-state index is 0.000475. The van der Waals surface area contributed by atoms with E-state index in [1.54, 1.807) is 4.90 Å². The van der Waals surface area contributed by atoms with Gasteiger partial charge in [0.15, 0.2) is 0 Å². The molecule has 5 nitrogen and oxygen atoms in total. The molecule has 0 aliphatic carbocycles. The van der Waals surface area contributed by atoms with Crippen LogP contribution in [0.15, 0.2) is 24.3 Å². The number of hydrogen-bond acceptors (Lipinski definition) is 3. The first kappa shape index (κ1) is 16.0. The van der Waals surface area contributed by atoms with Crippen molar-refractivity contribution in [2.24, 2.45) is 5.92 Å². The van der Waals surface area contributed by atoms with Gasteiger partial charge in [-0.15, -0.1) is 0 Å². The van der Waals surface area contributed by atoms with E-state index < -0.39 is 6.04 Å². The second-order valence-electron chi connectivity index (χ2n) is 6.42. The van der Waals surface area contributed by atoms with Crippen molar-refractivity contribution in [3.05, 3.63) is 29.8 Å². The number of amides is 2. The van der Waals surface area contributed by atoms with E-state index >= 15 is 0 Å². The van der Waals surface area contributed by atoms with Gasteiger partial charge in [-0.3, -0.25) is 9.59 Å². The molecule has 2 amide bonds. The number of nitrogens with one attached hydrogen (secondary N) is 1. The molecule has 2 fully saturated rings. The first-order valence-corrected chi connectivity index (χ1v) is 8.41. The number of carbonyl (C=O) groups is 2. The Morgan fingerprint density at radius 3 is 2.57 bits per heavy atom. The molecule has 1 unspecified atom stereocenters. The van der Waals surface area contributed by atoms with Gasteiger partial charge in [-0.05, 0) is 44.7 Å². The first-order valence-electron chi connectivity index (χ1n) is 8.41. The van der Waals surface area contributed by atoms with Crippen molar-refractivity contribution in [1.29, 1.82) is 0 Å². The zero-order chi connectivity index (χ0) is 16.2. The lowest BCUT2D eigenvalue weighted by Gasteiger charge is -2.33. The third-order valence-electron chi connectivity index (χ3n) is 4.69. The summed E-state index contributed by atoms with van der Waals surface area (Å²) in [7, 11) is 0. The van der Waals surface area contributed by atoms with Crippen molar-refractivity contribution in [2.45, 2.75) is 38.6 Å². The third-order valence-corrected chi connectivity index (χ3v) is 4.69. The van der Waals surface area contributed by atoms with Crippen LogP contribution in [0, 0.1) is 12.8 Å². The summed E-state index contributed by atoms with van der Waals surface area (Å²) in [6, 6.07) is 7.55. The number of nitrogens with zero attached hydrogens (tertiary/aromatic N) is 1.